The number of carbonyl (C=O) groups excluding carboxylic acids is 1. The second kappa shape index (κ2) is 8.18. The Hall–Kier alpha value is -2.74. The first-order chi connectivity index (χ1) is 14.7. The average Bonchev–Trinajstić information content (AvgIpc) is 3.55. The molecule has 3 heterocycles. The summed E-state index contributed by atoms with van der Waals surface area (Å²) in [6.45, 7) is 4.18. The lowest BCUT2D eigenvalue weighted by atomic mass is 9.97. The van der Waals surface area contributed by atoms with Crippen LogP contribution in [0.2, 0.25) is 0 Å². The lowest BCUT2D eigenvalue weighted by molar-refractivity contribution is -0.120. The van der Waals surface area contributed by atoms with Gasteiger partial charge in [0.05, 0.1) is 22.7 Å². The Balaban J connectivity index is 1.26. The van der Waals surface area contributed by atoms with Crippen molar-refractivity contribution in [1.29, 1.82) is 0 Å². The van der Waals surface area contributed by atoms with E-state index in [4.69, 9.17) is 4.74 Å². The molecule has 1 atom stereocenters. The molecule has 0 unspecified atom stereocenters. The van der Waals surface area contributed by atoms with E-state index in [1.54, 1.807) is 6.33 Å². The number of hydrogen-bond donors (Lipinski definition) is 1. The van der Waals surface area contributed by atoms with E-state index in [1.807, 2.05) is 25.1 Å². The summed E-state index contributed by atoms with van der Waals surface area (Å²) in [5, 5.41) is 3.67. The van der Waals surface area contributed by atoms with Crippen LogP contribution >= 0.6 is 11.3 Å². The van der Waals surface area contributed by atoms with Crippen molar-refractivity contribution >= 4 is 38.4 Å². The number of rotatable bonds is 6. The number of ether oxygens (including phenoxy) is 1. The number of hydrogen-bond acceptors (Lipinski definition) is 7. The van der Waals surface area contributed by atoms with E-state index in [2.05, 4.69) is 31.2 Å². The SMILES string of the molecule is CCOc1ccc2nc(NC(=O)[C@H]3CCCN(c4cc(C5CC5)ncn4)C3)sc2c1. The highest BCUT2D eigenvalue weighted by atomic mass is 32.1. The molecule has 7 nitrogen and oxygen atoms in total. The minimum Gasteiger partial charge on any atom is -0.494 e. The van der Waals surface area contributed by atoms with Gasteiger partial charge >= 0.3 is 0 Å². The molecule has 3 aromatic rings. The molecule has 8 heteroatoms. The number of thiazole rings is 1. The third-order valence-electron chi connectivity index (χ3n) is 5.69. The van der Waals surface area contributed by atoms with E-state index < -0.39 is 0 Å². The number of benzene rings is 1. The molecule has 0 bridgehead atoms. The van der Waals surface area contributed by atoms with Crippen LogP contribution in [0, 0.1) is 5.92 Å². The van der Waals surface area contributed by atoms with E-state index in [0.717, 1.165) is 46.9 Å². The molecule has 5 rings (SSSR count). The predicted molar refractivity (Wildman–Crippen MR) is 118 cm³/mol. The van der Waals surface area contributed by atoms with Crippen molar-refractivity contribution in [1.82, 2.24) is 15.0 Å². The largest absolute Gasteiger partial charge is 0.494 e. The van der Waals surface area contributed by atoms with E-state index in [-0.39, 0.29) is 11.8 Å². The van der Waals surface area contributed by atoms with Crippen LogP contribution < -0.4 is 15.0 Å². The predicted octanol–water partition coefficient (Wildman–Crippen LogP) is 4.22. The zero-order chi connectivity index (χ0) is 20.5. The van der Waals surface area contributed by atoms with Crippen molar-refractivity contribution in [2.75, 3.05) is 29.9 Å². The smallest absolute Gasteiger partial charge is 0.231 e. The number of nitrogens with zero attached hydrogens (tertiary/aromatic N) is 4. The Bertz CT molecular complexity index is 1060. The van der Waals surface area contributed by atoms with Gasteiger partial charge in [0.1, 0.15) is 17.9 Å². The minimum atomic E-state index is -0.0795. The van der Waals surface area contributed by atoms with Gasteiger partial charge in [0.2, 0.25) is 5.91 Å². The van der Waals surface area contributed by atoms with Crippen LogP contribution in [0.1, 0.15) is 44.2 Å². The average molecular weight is 424 g/mol. The van der Waals surface area contributed by atoms with E-state index in [9.17, 15) is 4.79 Å². The summed E-state index contributed by atoms with van der Waals surface area (Å²) in [6, 6.07) is 7.91. The third kappa shape index (κ3) is 4.09. The first-order valence-electron chi connectivity index (χ1n) is 10.6. The summed E-state index contributed by atoms with van der Waals surface area (Å²) in [5.41, 5.74) is 2.00. The maximum absolute atomic E-state index is 12.9. The molecule has 1 N–H and O–H groups in total. The highest BCUT2D eigenvalue weighted by molar-refractivity contribution is 7.22. The van der Waals surface area contributed by atoms with Crippen LogP contribution in [0.4, 0.5) is 10.9 Å². The van der Waals surface area contributed by atoms with Crippen molar-refractivity contribution in [2.45, 2.75) is 38.5 Å². The molecular formula is C22H25N5O2S. The highest BCUT2D eigenvalue weighted by Gasteiger charge is 2.29. The van der Waals surface area contributed by atoms with Crippen LogP contribution in [0.3, 0.4) is 0 Å². The Labute approximate surface area is 179 Å². The molecule has 1 saturated heterocycles. The maximum atomic E-state index is 12.9. The molecule has 2 aliphatic rings. The fourth-order valence-corrected chi connectivity index (χ4v) is 4.86. The van der Waals surface area contributed by atoms with Crippen molar-refractivity contribution in [3.8, 4) is 5.75 Å². The van der Waals surface area contributed by atoms with Crippen molar-refractivity contribution in [2.24, 2.45) is 5.92 Å². The number of nitrogens with one attached hydrogen (secondary N) is 1. The zero-order valence-electron chi connectivity index (χ0n) is 17.0. The molecular weight excluding hydrogens is 398 g/mol. The molecule has 0 radical (unpaired) electrons. The van der Waals surface area contributed by atoms with E-state index in [0.29, 0.717) is 24.2 Å². The Morgan fingerprint density at radius 1 is 1.27 bits per heavy atom. The normalized spacial score (nSPS) is 19.1. The van der Waals surface area contributed by atoms with Gasteiger partial charge < -0.3 is 15.0 Å². The molecule has 1 amide bonds. The maximum Gasteiger partial charge on any atom is 0.231 e. The zero-order valence-corrected chi connectivity index (χ0v) is 17.8. The van der Waals surface area contributed by atoms with Gasteiger partial charge in [0.15, 0.2) is 5.13 Å². The van der Waals surface area contributed by atoms with Gasteiger partial charge in [-0.3, -0.25) is 4.79 Å². The Morgan fingerprint density at radius 2 is 2.17 bits per heavy atom. The standard InChI is InChI=1S/C22H25N5O2S/c1-2-29-16-7-8-17-19(10-16)30-22(25-17)26-21(28)15-4-3-9-27(12-15)20-11-18(14-5-6-14)23-13-24-20/h7-8,10-11,13-15H,2-6,9,12H2,1H3,(H,25,26,28)/t15-/m0/s1. The van der Waals surface area contributed by atoms with Crippen molar-refractivity contribution in [3.63, 3.8) is 0 Å². The van der Waals surface area contributed by atoms with E-state index in [1.165, 1.54) is 24.2 Å². The molecule has 1 aliphatic heterocycles. The monoisotopic (exact) mass is 423 g/mol. The number of amides is 1. The second-order valence-corrected chi connectivity index (χ2v) is 8.96. The van der Waals surface area contributed by atoms with E-state index >= 15 is 0 Å². The molecule has 30 heavy (non-hydrogen) atoms. The lowest BCUT2D eigenvalue weighted by Gasteiger charge is -2.32. The van der Waals surface area contributed by atoms with Crippen molar-refractivity contribution in [3.05, 3.63) is 36.3 Å². The molecule has 1 saturated carbocycles. The fraction of sp³-hybridized carbons (Fsp3) is 0.455. The number of fused-ring (bicyclic) bond motifs is 1. The summed E-state index contributed by atoms with van der Waals surface area (Å²) in [7, 11) is 0. The summed E-state index contributed by atoms with van der Waals surface area (Å²) in [5.74, 6) is 2.31. The molecule has 0 spiro atoms. The van der Waals surface area contributed by atoms with Gasteiger partial charge in [-0.25, -0.2) is 15.0 Å². The van der Waals surface area contributed by atoms with Gasteiger partial charge in [0, 0.05) is 30.8 Å². The first-order valence-corrected chi connectivity index (χ1v) is 11.4. The van der Waals surface area contributed by atoms with Crippen LogP contribution in [-0.2, 0) is 4.79 Å². The number of piperidine rings is 1. The minimum absolute atomic E-state index is 0.0280. The number of aromatic nitrogens is 3. The Kier molecular flexibility index (Phi) is 5.25. The van der Waals surface area contributed by atoms with Crippen molar-refractivity contribution < 1.29 is 9.53 Å². The third-order valence-corrected chi connectivity index (χ3v) is 6.62. The van der Waals surface area contributed by atoms with Crippen LogP contribution in [0.25, 0.3) is 10.2 Å². The number of anilines is 2. The fourth-order valence-electron chi connectivity index (χ4n) is 3.96. The van der Waals surface area contributed by atoms with Crippen LogP contribution in [0.15, 0.2) is 30.6 Å². The summed E-state index contributed by atoms with van der Waals surface area (Å²) in [4.78, 5) is 28.6. The van der Waals surface area contributed by atoms with Gasteiger partial charge in [-0.2, -0.15) is 0 Å². The summed E-state index contributed by atoms with van der Waals surface area (Å²) >= 11 is 1.48. The topological polar surface area (TPSA) is 80.2 Å². The summed E-state index contributed by atoms with van der Waals surface area (Å²) < 4.78 is 6.57. The second-order valence-electron chi connectivity index (χ2n) is 7.93. The molecule has 1 aromatic carbocycles. The molecule has 2 fully saturated rings. The molecule has 2 aromatic heterocycles. The van der Waals surface area contributed by atoms with Crippen LogP contribution in [0.5, 0.6) is 5.75 Å². The Morgan fingerprint density at radius 3 is 3.00 bits per heavy atom. The van der Waals surface area contributed by atoms with Gasteiger partial charge in [-0.1, -0.05) is 11.3 Å². The summed E-state index contributed by atoms with van der Waals surface area (Å²) in [6.07, 6.45) is 5.94. The lowest BCUT2D eigenvalue weighted by Crippen LogP contribution is -2.41. The highest BCUT2D eigenvalue weighted by Crippen LogP contribution is 2.39. The number of carbonyl (C=O) groups is 1. The van der Waals surface area contributed by atoms with Gasteiger partial charge in [-0.15, -0.1) is 0 Å². The molecule has 1 aliphatic carbocycles. The van der Waals surface area contributed by atoms with Gasteiger partial charge in [0.25, 0.3) is 0 Å². The molecule has 156 valence electrons. The quantitative estimate of drug-likeness (QED) is 0.639. The van der Waals surface area contributed by atoms with Gasteiger partial charge in [-0.05, 0) is 50.8 Å². The van der Waals surface area contributed by atoms with Crippen LogP contribution in [-0.4, -0.2) is 40.6 Å². The first kappa shape index (κ1) is 19.2.